The van der Waals surface area contributed by atoms with Gasteiger partial charge in [-0.25, -0.2) is 9.78 Å². The first-order valence-electron chi connectivity index (χ1n) is 8.36. The van der Waals surface area contributed by atoms with Gasteiger partial charge in [0.1, 0.15) is 16.8 Å². The fraction of sp³-hybridized carbons (Fsp3) is 0.389. The van der Waals surface area contributed by atoms with Gasteiger partial charge in [-0.3, -0.25) is 4.79 Å². The molecule has 0 saturated carbocycles. The molecule has 0 spiro atoms. The van der Waals surface area contributed by atoms with E-state index in [1.165, 1.54) is 35.6 Å². The van der Waals surface area contributed by atoms with Crippen molar-refractivity contribution in [1.82, 2.24) is 10.3 Å². The Morgan fingerprint density at radius 3 is 2.43 bits per heavy atom. The number of hydrogen-bond acceptors (Lipinski definition) is 5. The highest BCUT2D eigenvalue weighted by Crippen LogP contribution is 2.28. The Bertz CT molecular complexity index is 819. The molecule has 0 unspecified atom stereocenters. The third-order valence-electron chi connectivity index (χ3n) is 3.57. The van der Waals surface area contributed by atoms with E-state index in [1.54, 1.807) is 5.38 Å². The van der Waals surface area contributed by atoms with Gasteiger partial charge >= 0.3 is 12.3 Å². The van der Waals surface area contributed by atoms with Gasteiger partial charge in [-0.05, 0) is 36.6 Å². The molecule has 0 bridgehead atoms. The van der Waals surface area contributed by atoms with Gasteiger partial charge in [0.2, 0.25) is 5.91 Å². The highest BCUT2D eigenvalue weighted by molar-refractivity contribution is 7.13. The summed E-state index contributed by atoms with van der Waals surface area (Å²) in [5.41, 5.74) is 1.02. The summed E-state index contributed by atoms with van der Waals surface area (Å²) in [5, 5.41) is 13.8. The van der Waals surface area contributed by atoms with Crippen LogP contribution in [0.1, 0.15) is 26.0 Å². The number of carboxylic acid groups (broad SMARTS) is 1. The Labute approximate surface area is 163 Å². The van der Waals surface area contributed by atoms with Crippen molar-refractivity contribution in [3.63, 3.8) is 0 Å². The maximum absolute atomic E-state index is 12.2. The van der Waals surface area contributed by atoms with Crippen molar-refractivity contribution in [2.24, 2.45) is 5.92 Å². The maximum Gasteiger partial charge on any atom is 0.573 e. The number of aromatic nitrogens is 1. The average molecular weight is 416 g/mol. The predicted molar refractivity (Wildman–Crippen MR) is 97.0 cm³/mol. The number of nitrogens with one attached hydrogen (secondary N) is 1. The van der Waals surface area contributed by atoms with E-state index in [1.807, 2.05) is 13.8 Å². The second kappa shape index (κ2) is 9.05. The van der Waals surface area contributed by atoms with Crippen LogP contribution in [0.5, 0.6) is 5.75 Å². The molecule has 2 aromatic rings. The van der Waals surface area contributed by atoms with Crippen LogP contribution in [0.15, 0.2) is 29.6 Å². The highest BCUT2D eigenvalue weighted by Gasteiger charge is 2.31. The van der Waals surface area contributed by atoms with Crippen molar-refractivity contribution < 1.29 is 32.6 Å². The summed E-state index contributed by atoms with van der Waals surface area (Å²) in [6.45, 7) is 3.72. The summed E-state index contributed by atoms with van der Waals surface area (Å²) in [5.74, 6) is -1.78. The molecule has 0 saturated heterocycles. The molecule has 1 heterocycles. The van der Waals surface area contributed by atoms with Gasteiger partial charge in [0.25, 0.3) is 0 Å². The van der Waals surface area contributed by atoms with E-state index in [4.69, 9.17) is 0 Å². The largest absolute Gasteiger partial charge is 0.573 e. The first kappa shape index (κ1) is 21.7. The number of thiazole rings is 1. The number of carbonyl (C=O) groups excluding carboxylic acids is 1. The number of carbonyl (C=O) groups is 2. The van der Waals surface area contributed by atoms with Crippen LogP contribution >= 0.6 is 11.3 Å². The molecule has 6 nitrogen and oxygen atoms in total. The van der Waals surface area contributed by atoms with Crippen LogP contribution in [0, 0.1) is 5.92 Å². The summed E-state index contributed by atoms with van der Waals surface area (Å²) in [7, 11) is 0. The van der Waals surface area contributed by atoms with E-state index in [0.29, 0.717) is 22.7 Å². The van der Waals surface area contributed by atoms with Crippen LogP contribution in [0.25, 0.3) is 10.6 Å². The Morgan fingerprint density at radius 1 is 1.25 bits per heavy atom. The summed E-state index contributed by atoms with van der Waals surface area (Å²) < 4.78 is 40.4. The minimum Gasteiger partial charge on any atom is -0.480 e. The van der Waals surface area contributed by atoms with Crippen LogP contribution in [-0.4, -0.2) is 34.4 Å². The van der Waals surface area contributed by atoms with E-state index < -0.39 is 24.3 Å². The fourth-order valence-corrected chi connectivity index (χ4v) is 3.25. The highest BCUT2D eigenvalue weighted by atomic mass is 32.1. The molecule has 2 rings (SSSR count). The van der Waals surface area contributed by atoms with Gasteiger partial charge in [-0.2, -0.15) is 0 Å². The topological polar surface area (TPSA) is 88.5 Å². The molecule has 1 aromatic carbocycles. The lowest BCUT2D eigenvalue weighted by Crippen LogP contribution is -2.42. The number of alkyl halides is 3. The van der Waals surface area contributed by atoms with Crippen molar-refractivity contribution in [2.45, 2.75) is 39.1 Å². The Balaban J connectivity index is 1.99. The average Bonchev–Trinajstić information content (AvgIpc) is 3.01. The molecule has 1 atom stereocenters. The van der Waals surface area contributed by atoms with Crippen molar-refractivity contribution in [3.05, 3.63) is 35.3 Å². The first-order valence-corrected chi connectivity index (χ1v) is 9.24. The lowest BCUT2D eigenvalue weighted by atomic mass is 10.0. The van der Waals surface area contributed by atoms with Crippen LogP contribution in [0.4, 0.5) is 13.2 Å². The number of rotatable bonds is 8. The predicted octanol–water partition coefficient (Wildman–Crippen LogP) is 3.87. The summed E-state index contributed by atoms with van der Waals surface area (Å²) in [6, 6.07) is 4.27. The zero-order chi connectivity index (χ0) is 20.9. The van der Waals surface area contributed by atoms with Crippen LogP contribution in [-0.2, 0) is 16.0 Å². The van der Waals surface area contributed by atoms with Gasteiger partial charge in [-0.15, -0.1) is 24.5 Å². The van der Waals surface area contributed by atoms with Crippen molar-refractivity contribution >= 4 is 23.2 Å². The van der Waals surface area contributed by atoms with Gasteiger partial charge in [-0.1, -0.05) is 13.8 Å². The minimum absolute atomic E-state index is 0.0896. The monoisotopic (exact) mass is 416 g/mol. The number of aliphatic carboxylic acids is 1. The zero-order valence-corrected chi connectivity index (χ0v) is 15.9. The van der Waals surface area contributed by atoms with Crippen LogP contribution in [0.2, 0.25) is 0 Å². The molecular formula is C18H19F3N2O4S. The molecule has 0 radical (unpaired) electrons. The normalized spacial score (nSPS) is 12.6. The third-order valence-corrected chi connectivity index (χ3v) is 4.51. The molecule has 0 fully saturated rings. The number of benzene rings is 1. The molecule has 2 N–H and O–H groups in total. The van der Waals surface area contributed by atoms with Gasteiger partial charge in [0, 0.05) is 10.9 Å². The van der Waals surface area contributed by atoms with Gasteiger partial charge < -0.3 is 15.2 Å². The van der Waals surface area contributed by atoms with Crippen molar-refractivity contribution in [2.75, 3.05) is 0 Å². The Hall–Kier alpha value is -2.62. The molecule has 152 valence electrons. The number of ether oxygens (including phenoxy) is 1. The van der Waals surface area contributed by atoms with Crippen LogP contribution in [0.3, 0.4) is 0 Å². The zero-order valence-electron chi connectivity index (χ0n) is 15.1. The van der Waals surface area contributed by atoms with E-state index in [-0.39, 0.29) is 18.1 Å². The second-order valence-electron chi connectivity index (χ2n) is 6.48. The van der Waals surface area contributed by atoms with E-state index in [0.717, 1.165) is 0 Å². The van der Waals surface area contributed by atoms with Crippen molar-refractivity contribution in [1.29, 1.82) is 0 Å². The quantitative estimate of drug-likeness (QED) is 0.682. The van der Waals surface area contributed by atoms with E-state index in [2.05, 4.69) is 15.0 Å². The summed E-state index contributed by atoms with van der Waals surface area (Å²) >= 11 is 1.23. The number of carboxylic acids is 1. The molecule has 0 aliphatic carbocycles. The second-order valence-corrected chi connectivity index (χ2v) is 7.34. The van der Waals surface area contributed by atoms with Crippen molar-refractivity contribution in [3.8, 4) is 16.3 Å². The fourth-order valence-electron chi connectivity index (χ4n) is 2.42. The first-order chi connectivity index (χ1) is 13.0. The molecule has 1 amide bonds. The standard InChI is InChI=1S/C18H19F3N2O4S/c1-10(2)7-14(17(25)26)23-15(24)8-12-9-28-16(22-12)11-3-5-13(6-4-11)27-18(19,20)21/h3-6,9-10,14H,7-8H2,1-2H3,(H,23,24)(H,25,26)/t14-/m1/s1. The molecule has 0 aliphatic heterocycles. The van der Waals surface area contributed by atoms with E-state index >= 15 is 0 Å². The summed E-state index contributed by atoms with van der Waals surface area (Å²) in [6.07, 6.45) is -4.53. The number of hydrogen-bond donors (Lipinski definition) is 2. The maximum atomic E-state index is 12.2. The Morgan fingerprint density at radius 2 is 1.89 bits per heavy atom. The molecule has 28 heavy (non-hydrogen) atoms. The minimum atomic E-state index is -4.76. The molecular weight excluding hydrogens is 397 g/mol. The molecule has 0 aliphatic rings. The van der Waals surface area contributed by atoms with Gasteiger partial charge in [0.05, 0.1) is 12.1 Å². The van der Waals surface area contributed by atoms with E-state index in [9.17, 15) is 27.9 Å². The lowest BCUT2D eigenvalue weighted by Gasteiger charge is -2.16. The smallest absolute Gasteiger partial charge is 0.480 e. The van der Waals surface area contributed by atoms with Crippen LogP contribution < -0.4 is 10.1 Å². The SMILES string of the molecule is CC(C)C[C@@H](NC(=O)Cc1csc(-c2ccc(OC(F)(F)F)cc2)n1)C(=O)O. The summed E-state index contributed by atoms with van der Waals surface area (Å²) in [4.78, 5) is 27.6. The molecule has 1 aromatic heterocycles. The molecule has 10 heteroatoms. The third kappa shape index (κ3) is 6.84. The number of halogens is 3. The lowest BCUT2D eigenvalue weighted by molar-refractivity contribution is -0.274. The number of nitrogens with zero attached hydrogens (tertiary/aromatic N) is 1. The Kier molecular flexibility index (Phi) is 7.00. The number of amides is 1. The van der Waals surface area contributed by atoms with Gasteiger partial charge in [0.15, 0.2) is 0 Å².